The van der Waals surface area contributed by atoms with Crippen molar-refractivity contribution in [2.75, 3.05) is 12.4 Å². The summed E-state index contributed by atoms with van der Waals surface area (Å²) in [6.07, 6.45) is 3.42. The lowest BCUT2D eigenvalue weighted by atomic mass is 9.97. The van der Waals surface area contributed by atoms with Crippen molar-refractivity contribution in [1.29, 1.82) is 0 Å². The summed E-state index contributed by atoms with van der Waals surface area (Å²) in [6.45, 7) is 3.75. The lowest BCUT2D eigenvalue weighted by Gasteiger charge is -2.09. The summed E-state index contributed by atoms with van der Waals surface area (Å²) < 4.78 is 0. The van der Waals surface area contributed by atoms with Crippen LogP contribution in [0.25, 0.3) is 11.1 Å². The number of aryl methyl sites for hydroxylation is 2. The fourth-order valence-electron chi connectivity index (χ4n) is 3.50. The van der Waals surface area contributed by atoms with Crippen LogP contribution in [0.4, 0.5) is 5.82 Å². The molecule has 7 nitrogen and oxygen atoms in total. The molecule has 0 atom stereocenters. The van der Waals surface area contributed by atoms with E-state index in [9.17, 15) is 14.4 Å². The number of hydrogen-bond acceptors (Lipinski definition) is 5. The number of fused-ring (bicyclic) bond motifs is 1. The largest absolute Gasteiger partial charge is 0.310 e. The van der Waals surface area contributed by atoms with E-state index in [4.69, 9.17) is 0 Å². The molecule has 3 heterocycles. The molecule has 0 spiro atoms. The molecule has 4 rings (SSSR count). The zero-order valence-corrected chi connectivity index (χ0v) is 16.9. The van der Waals surface area contributed by atoms with Crippen molar-refractivity contribution in [2.24, 2.45) is 0 Å². The number of amides is 3. The van der Waals surface area contributed by atoms with Gasteiger partial charge in [0.1, 0.15) is 5.82 Å². The van der Waals surface area contributed by atoms with Crippen molar-refractivity contribution in [3.63, 3.8) is 0 Å². The summed E-state index contributed by atoms with van der Waals surface area (Å²) in [5, 5.41) is 2.75. The quantitative estimate of drug-likeness (QED) is 0.679. The molecule has 0 bridgehead atoms. The Labute approximate surface area is 173 Å². The molecule has 0 aliphatic carbocycles. The van der Waals surface area contributed by atoms with Gasteiger partial charge in [-0.3, -0.25) is 24.3 Å². The first-order valence-corrected chi connectivity index (χ1v) is 9.48. The van der Waals surface area contributed by atoms with Crippen LogP contribution in [0.1, 0.15) is 37.5 Å². The summed E-state index contributed by atoms with van der Waals surface area (Å²) >= 11 is 0. The number of pyridine rings is 2. The van der Waals surface area contributed by atoms with Gasteiger partial charge in [0.25, 0.3) is 11.8 Å². The first-order valence-electron chi connectivity index (χ1n) is 9.48. The van der Waals surface area contributed by atoms with E-state index in [0.717, 1.165) is 27.3 Å². The maximum Gasteiger partial charge on any atom is 0.261 e. The zero-order valence-electron chi connectivity index (χ0n) is 16.9. The molecular weight excluding hydrogens is 380 g/mol. The van der Waals surface area contributed by atoms with E-state index in [1.54, 1.807) is 30.6 Å². The second-order valence-corrected chi connectivity index (χ2v) is 7.36. The van der Waals surface area contributed by atoms with E-state index in [0.29, 0.717) is 22.5 Å². The average molecular weight is 400 g/mol. The van der Waals surface area contributed by atoms with Crippen LogP contribution in [0.2, 0.25) is 0 Å². The van der Waals surface area contributed by atoms with Gasteiger partial charge in [-0.1, -0.05) is 12.1 Å². The number of nitrogens with zero attached hydrogens (tertiary/aromatic N) is 3. The maximum atomic E-state index is 12.6. The number of imide groups is 1. The van der Waals surface area contributed by atoms with E-state index < -0.39 is 0 Å². The lowest BCUT2D eigenvalue weighted by molar-refractivity contribution is -0.115. The highest BCUT2D eigenvalue weighted by Crippen LogP contribution is 2.27. The standard InChI is InChI=1S/C23H20N4O3/c1-13-8-17(21-18(9-13)22(29)27(3)23(21)30)10-20(28)26-19-7-6-16(12-25-19)15-5-4-14(2)24-11-15/h4-9,11-12H,10H2,1-3H3,(H,25,26,28). The highest BCUT2D eigenvalue weighted by atomic mass is 16.2. The normalized spacial score (nSPS) is 12.8. The number of carbonyl (C=O) groups excluding carboxylic acids is 3. The zero-order chi connectivity index (χ0) is 21.4. The third-order valence-corrected chi connectivity index (χ3v) is 5.04. The van der Waals surface area contributed by atoms with Gasteiger partial charge >= 0.3 is 0 Å². The van der Waals surface area contributed by atoms with Gasteiger partial charge in [-0.05, 0) is 49.2 Å². The van der Waals surface area contributed by atoms with Crippen molar-refractivity contribution < 1.29 is 14.4 Å². The first kappa shape index (κ1) is 19.4. The number of anilines is 1. The molecule has 2 aromatic heterocycles. The number of benzene rings is 1. The fraction of sp³-hybridized carbons (Fsp3) is 0.174. The summed E-state index contributed by atoms with van der Waals surface area (Å²) in [7, 11) is 1.44. The van der Waals surface area contributed by atoms with Crippen molar-refractivity contribution in [1.82, 2.24) is 14.9 Å². The minimum atomic E-state index is -0.382. The third-order valence-electron chi connectivity index (χ3n) is 5.04. The topological polar surface area (TPSA) is 92.3 Å². The van der Waals surface area contributed by atoms with Gasteiger partial charge < -0.3 is 5.32 Å². The molecular formula is C23H20N4O3. The SMILES string of the molecule is Cc1cc(CC(=O)Nc2ccc(-c3ccc(C)nc3)cn2)c2c(c1)C(=O)N(C)C2=O. The second kappa shape index (κ2) is 7.51. The summed E-state index contributed by atoms with van der Waals surface area (Å²) in [6, 6.07) is 10.9. The summed E-state index contributed by atoms with van der Waals surface area (Å²) in [5.74, 6) is -0.627. The molecule has 0 saturated heterocycles. The Balaban J connectivity index is 1.51. The molecule has 30 heavy (non-hydrogen) atoms. The van der Waals surface area contributed by atoms with Gasteiger partial charge in [0.05, 0.1) is 17.5 Å². The average Bonchev–Trinajstić information content (AvgIpc) is 2.93. The molecule has 1 aromatic carbocycles. The fourth-order valence-corrected chi connectivity index (χ4v) is 3.50. The highest BCUT2D eigenvalue weighted by molar-refractivity contribution is 6.22. The van der Waals surface area contributed by atoms with Crippen molar-refractivity contribution >= 4 is 23.5 Å². The number of carbonyl (C=O) groups is 3. The summed E-state index contributed by atoms with van der Waals surface area (Å²) in [5.41, 5.74) is 4.77. The van der Waals surface area contributed by atoms with Gasteiger partial charge in [0, 0.05) is 36.3 Å². The monoisotopic (exact) mass is 400 g/mol. The van der Waals surface area contributed by atoms with Gasteiger partial charge in [0.2, 0.25) is 5.91 Å². The Morgan fingerprint density at radius 2 is 1.67 bits per heavy atom. The molecule has 1 aliphatic heterocycles. The smallest absolute Gasteiger partial charge is 0.261 e. The molecule has 1 N–H and O–H groups in total. The Morgan fingerprint density at radius 3 is 2.30 bits per heavy atom. The Hall–Kier alpha value is -3.87. The lowest BCUT2D eigenvalue weighted by Crippen LogP contribution is -2.24. The molecule has 3 aromatic rings. The van der Waals surface area contributed by atoms with Crippen LogP contribution in [0.3, 0.4) is 0 Å². The molecule has 0 fully saturated rings. The predicted octanol–water partition coefficient (Wildman–Crippen LogP) is 3.17. The number of hydrogen-bond donors (Lipinski definition) is 1. The van der Waals surface area contributed by atoms with Crippen molar-refractivity contribution in [3.05, 3.63) is 76.7 Å². The molecule has 0 unspecified atom stereocenters. The minimum absolute atomic E-state index is 0.0256. The van der Waals surface area contributed by atoms with E-state index in [1.807, 2.05) is 32.0 Å². The maximum absolute atomic E-state index is 12.6. The van der Waals surface area contributed by atoms with Crippen LogP contribution in [-0.4, -0.2) is 39.6 Å². The van der Waals surface area contributed by atoms with E-state index >= 15 is 0 Å². The molecule has 0 saturated carbocycles. The number of nitrogens with one attached hydrogen (secondary N) is 1. The van der Waals surface area contributed by atoms with Crippen LogP contribution in [0.5, 0.6) is 0 Å². The van der Waals surface area contributed by atoms with E-state index in [1.165, 1.54) is 7.05 Å². The third kappa shape index (κ3) is 3.57. The van der Waals surface area contributed by atoms with Crippen LogP contribution in [0.15, 0.2) is 48.8 Å². The van der Waals surface area contributed by atoms with Gasteiger partial charge in [0.15, 0.2) is 0 Å². The molecule has 0 radical (unpaired) electrons. The Bertz CT molecular complexity index is 1170. The Morgan fingerprint density at radius 1 is 0.967 bits per heavy atom. The molecule has 7 heteroatoms. The van der Waals surface area contributed by atoms with Crippen molar-refractivity contribution in [2.45, 2.75) is 20.3 Å². The number of rotatable bonds is 4. The van der Waals surface area contributed by atoms with Crippen LogP contribution < -0.4 is 5.32 Å². The minimum Gasteiger partial charge on any atom is -0.310 e. The van der Waals surface area contributed by atoms with E-state index in [2.05, 4.69) is 15.3 Å². The van der Waals surface area contributed by atoms with Gasteiger partial charge in [-0.25, -0.2) is 4.98 Å². The highest BCUT2D eigenvalue weighted by Gasteiger charge is 2.35. The van der Waals surface area contributed by atoms with Crippen molar-refractivity contribution in [3.8, 4) is 11.1 Å². The number of aromatic nitrogens is 2. The van der Waals surface area contributed by atoms with Crippen LogP contribution >= 0.6 is 0 Å². The van der Waals surface area contributed by atoms with Crippen LogP contribution in [-0.2, 0) is 11.2 Å². The van der Waals surface area contributed by atoms with Gasteiger partial charge in [-0.15, -0.1) is 0 Å². The Kier molecular flexibility index (Phi) is 4.87. The first-order chi connectivity index (χ1) is 14.3. The van der Waals surface area contributed by atoms with E-state index in [-0.39, 0.29) is 24.1 Å². The van der Waals surface area contributed by atoms with Crippen LogP contribution in [0, 0.1) is 13.8 Å². The summed E-state index contributed by atoms with van der Waals surface area (Å²) in [4.78, 5) is 46.9. The molecule has 3 amide bonds. The molecule has 1 aliphatic rings. The molecule has 150 valence electrons. The predicted molar refractivity (Wildman–Crippen MR) is 112 cm³/mol. The second-order valence-electron chi connectivity index (χ2n) is 7.36. The van der Waals surface area contributed by atoms with Gasteiger partial charge in [-0.2, -0.15) is 0 Å².